The van der Waals surface area contributed by atoms with Gasteiger partial charge in [0.1, 0.15) is 5.82 Å². The first-order chi connectivity index (χ1) is 14.3. The van der Waals surface area contributed by atoms with Gasteiger partial charge in [0.05, 0.1) is 11.7 Å². The number of aryl methyl sites for hydroxylation is 2. The van der Waals surface area contributed by atoms with Gasteiger partial charge in [0.2, 0.25) is 0 Å². The molecule has 156 valence electrons. The van der Waals surface area contributed by atoms with Crippen molar-refractivity contribution in [1.82, 2.24) is 24.5 Å². The van der Waals surface area contributed by atoms with Crippen molar-refractivity contribution in [2.24, 2.45) is 0 Å². The van der Waals surface area contributed by atoms with Gasteiger partial charge < -0.3 is 4.90 Å². The van der Waals surface area contributed by atoms with Crippen LogP contribution in [0.1, 0.15) is 40.6 Å². The van der Waals surface area contributed by atoms with Crippen molar-refractivity contribution in [2.75, 3.05) is 13.1 Å². The Balaban J connectivity index is 1.51. The second kappa shape index (κ2) is 8.02. The zero-order valence-electron chi connectivity index (χ0n) is 16.7. The van der Waals surface area contributed by atoms with Crippen LogP contribution in [0.15, 0.2) is 41.2 Å². The smallest absolute Gasteiger partial charge is 0.267 e. The zero-order chi connectivity index (χ0) is 21.4. The maximum absolute atomic E-state index is 13.6. The number of piperidine rings is 1. The highest BCUT2D eigenvalue weighted by molar-refractivity contribution is 6.31. The molecule has 0 atom stereocenters. The fraction of sp³-hybridized carbons (Fsp3) is 0.333. The molecule has 0 radical (unpaired) electrons. The fourth-order valence-corrected chi connectivity index (χ4v) is 4.05. The summed E-state index contributed by atoms with van der Waals surface area (Å²) in [5, 5.41) is 9.13. The van der Waals surface area contributed by atoms with Crippen LogP contribution in [-0.2, 0) is 0 Å². The highest BCUT2D eigenvalue weighted by Crippen LogP contribution is 2.23. The molecule has 1 saturated heterocycles. The molecular formula is C21H21ClFN5O2. The number of rotatable bonds is 3. The van der Waals surface area contributed by atoms with Gasteiger partial charge in [-0.2, -0.15) is 5.10 Å². The van der Waals surface area contributed by atoms with Crippen LogP contribution >= 0.6 is 11.6 Å². The van der Waals surface area contributed by atoms with Crippen molar-refractivity contribution < 1.29 is 9.18 Å². The van der Waals surface area contributed by atoms with Crippen LogP contribution in [0.5, 0.6) is 0 Å². The standard InChI is InChI=1S/C21H21ClFN5O2/c1-13-9-14(2)27(24-13)19-3-4-20(29)28(25-19)18-5-7-26(8-6-18)21(30)15-10-16(22)12-17(23)11-15/h3-4,9-12,18H,5-8H2,1-2H3. The Morgan fingerprint density at radius 3 is 2.47 bits per heavy atom. The van der Waals surface area contributed by atoms with Crippen LogP contribution in [0.4, 0.5) is 4.39 Å². The monoisotopic (exact) mass is 429 g/mol. The number of aromatic nitrogens is 4. The van der Waals surface area contributed by atoms with E-state index >= 15 is 0 Å². The molecule has 0 spiro atoms. The molecule has 0 bridgehead atoms. The van der Waals surface area contributed by atoms with Crippen LogP contribution in [0.3, 0.4) is 0 Å². The van der Waals surface area contributed by atoms with E-state index in [1.165, 1.54) is 28.9 Å². The van der Waals surface area contributed by atoms with Gasteiger partial charge in [0.15, 0.2) is 5.82 Å². The Hall–Kier alpha value is -3.00. The molecule has 1 aromatic carbocycles. The maximum atomic E-state index is 13.6. The number of hydrogen-bond acceptors (Lipinski definition) is 4. The number of hydrogen-bond donors (Lipinski definition) is 0. The second-order valence-corrected chi connectivity index (χ2v) is 7.93. The molecule has 1 amide bonds. The summed E-state index contributed by atoms with van der Waals surface area (Å²) in [6, 6.07) is 8.77. The second-order valence-electron chi connectivity index (χ2n) is 7.49. The highest BCUT2D eigenvalue weighted by Gasteiger charge is 2.26. The van der Waals surface area contributed by atoms with Crippen molar-refractivity contribution in [3.63, 3.8) is 0 Å². The number of carbonyl (C=O) groups is 1. The number of halogens is 2. The lowest BCUT2D eigenvalue weighted by atomic mass is 10.0. The molecule has 7 nitrogen and oxygen atoms in total. The molecule has 2 aromatic heterocycles. The van der Waals surface area contributed by atoms with Gasteiger partial charge in [-0.05, 0) is 57.0 Å². The van der Waals surface area contributed by atoms with Crippen LogP contribution in [0.25, 0.3) is 5.82 Å². The highest BCUT2D eigenvalue weighted by atomic mass is 35.5. The van der Waals surface area contributed by atoms with E-state index in [2.05, 4.69) is 10.2 Å². The molecule has 1 aliphatic heterocycles. The van der Waals surface area contributed by atoms with Crippen LogP contribution in [-0.4, -0.2) is 43.5 Å². The van der Waals surface area contributed by atoms with E-state index < -0.39 is 5.82 Å². The van der Waals surface area contributed by atoms with E-state index in [1.54, 1.807) is 15.6 Å². The van der Waals surface area contributed by atoms with Crippen LogP contribution < -0.4 is 5.56 Å². The molecule has 1 fully saturated rings. The Kier molecular flexibility index (Phi) is 5.42. The third-order valence-corrected chi connectivity index (χ3v) is 5.46. The first-order valence-electron chi connectivity index (χ1n) is 9.71. The van der Waals surface area contributed by atoms with Crippen molar-refractivity contribution in [2.45, 2.75) is 32.7 Å². The van der Waals surface area contributed by atoms with Gasteiger partial charge in [0.25, 0.3) is 11.5 Å². The first kappa shape index (κ1) is 20.3. The number of likely N-dealkylation sites (tertiary alicyclic amines) is 1. The molecular weight excluding hydrogens is 409 g/mol. The van der Waals surface area contributed by atoms with E-state index in [1.807, 2.05) is 19.9 Å². The lowest BCUT2D eigenvalue weighted by molar-refractivity contribution is 0.0687. The molecule has 0 saturated carbocycles. The minimum Gasteiger partial charge on any atom is -0.338 e. The largest absolute Gasteiger partial charge is 0.338 e. The van der Waals surface area contributed by atoms with E-state index in [0.717, 1.165) is 11.4 Å². The molecule has 0 aliphatic carbocycles. The molecule has 1 aliphatic rings. The van der Waals surface area contributed by atoms with Gasteiger partial charge in [-0.25, -0.2) is 13.8 Å². The molecule has 0 unspecified atom stereocenters. The SMILES string of the molecule is Cc1cc(C)n(-c2ccc(=O)n(C3CCN(C(=O)c4cc(F)cc(Cl)c4)CC3)n2)n1. The topological polar surface area (TPSA) is 73.0 Å². The number of amides is 1. The predicted octanol–water partition coefficient (Wildman–Crippen LogP) is 3.32. The Morgan fingerprint density at radius 1 is 1.10 bits per heavy atom. The van der Waals surface area contributed by atoms with Crippen LogP contribution in [0, 0.1) is 19.7 Å². The average Bonchev–Trinajstić information content (AvgIpc) is 3.05. The zero-order valence-corrected chi connectivity index (χ0v) is 17.4. The van der Waals surface area contributed by atoms with E-state index in [9.17, 15) is 14.0 Å². The lowest BCUT2D eigenvalue weighted by Gasteiger charge is -2.32. The summed E-state index contributed by atoms with van der Waals surface area (Å²) in [5.41, 5.74) is 1.83. The summed E-state index contributed by atoms with van der Waals surface area (Å²) in [6.45, 7) is 4.71. The van der Waals surface area contributed by atoms with Crippen molar-refractivity contribution in [3.8, 4) is 5.82 Å². The quantitative estimate of drug-likeness (QED) is 0.640. The normalized spacial score (nSPS) is 14.9. The average molecular weight is 430 g/mol. The summed E-state index contributed by atoms with van der Waals surface area (Å²) in [4.78, 5) is 26.8. The summed E-state index contributed by atoms with van der Waals surface area (Å²) in [7, 11) is 0. The molecule has 0 N–H and O–H groups in total. The number of nitrogens with zero attached hydrogens (tertiary/aromatic N) is 5. The van der Waals surface area contributed by atoms with Crippen molar-refractivity contribution >= 4 is 17.5 Å². The lowest BCUT2D eigenvalue weighted by Crippen LogP contribution is -2.41. The molecule has 3 heterocycles. The Labute approximate surface area is 177 Å². The minimum absolute atomic E-state index is 0.130. The van der Waals surface area contributed by atoms with E-state index in [-0.39, 0.29) is 28.1 Å². The van der Waals surface area contributed by atoms with E-state index in [4.69, 9.17) is 11.6 Å². The van der Waals surface area contributed by atoms with Gasteiger partial charge in [-0.15, -0.1) is 5.10 Å². The predicted molar refractivity (Wildman–Crippen MR) is 111 cm³/mol. The summed E-state index contributed by atoms with van der Waals surface area (Å²) in [5.74, 6) is -0.239. The number of carbonyl (C=O) groups excluding carboxylic acids is 1. The molecule has 30 heavy (non-hydrogen) atoms. The maximum Gasteiger partial charge on any atom is 0.267 e. The Morgan fingerprint density at radius 2 is 1.83 bits per heavy atom. The third kappa shape index (κ3) is 4.00. The first-order valence-corrected chi connectivity index (χ1v) is 10.1. The summed E-state index contributed by atoms with van der Waals surface area (Å²) >= 11 is 5.87. The van der Waals surface area contributed by atoms with Gasteiger partial charge in [0, 0.05) is 35.4 Å². The van der Waals surface area contributed by atoms with E-state index in [0.29, 0.717) is 31.7 Å². The van der Waals surface area contributed by atoms with Crippen molar-refractivity contribution in [3.05, 3.63) is 74.5 Å². The third-order valence-electron chi connectivity index (χ3n) is 5.24. The molecule has 4 rings (SSSR count). The van der Waals surface area contributed by atoms with Gasteiger partial charge in [-0.3, -0.25) is 9.59 Å². The summed E-state index contributed by atoms with van der Waals surface area (Å²) in [6.07, 6.45) is 1.14. The van der Waals surface area contributed by atoms with Crippen molar-refractivity contribution in [1.29, 1.82) is 0 Å². The van der Waals surface area contributed by atoms with Crippen LogP contribution in [0.2, 0.25) is 5.02 Å². The molecule has 3 aromatic rings. The molecule has 9 heteroatoms. The Bertz CT molecular complexity index is 1140. The minimum atomic E-state index is -0.544. The van der Waals surface area contributed by atoms with Gasteiger partial charge >= 0.3 is 0 Å². The number of benzene rings is 1. The fourth-order valence-electron chi connectivity index (χ4n) is 3.82. The summed E-state index contributed by atoms with van der Waals surface area (Å²) < 4.78 is 16.8. The van der Waals surface area contributed by atoms with Gasteiger partial charge in [-0.1, -0.05) is 11.6 Å².